The van der Waals surface area contributed by atoms with Crippen molar-refractivity contribution < 1.29 is 21.6 Å². The highest BCUT2D eigenvalue weighted by atomic mass is 35.5. The number of alkyl halides is 3. The Morgan fingerprint density at radius 2 is 1.86 bits per heavy atom. The number of hydrogen-bond acceptors (Lipinski definition) is 7. The Labute approximate surface area is 211 Å². The number of aryl methyl sites for hydroxylation is 1. The van der Waals surface area contributed by atoms with E-state index in [-0.39, 0.29) is 22.8 Å². The lowest BCUT2D eigenvalue weighted by atomic mass is 9.92. The zero-order chi connectivity index (χ0) is 26.1. The summed E-state index contributed by atoms with van der Waals surface area (Å²) >= 11 is 6.24. The fraction of sp³-hybridized carbons (Fsp3) is 0.435. The van der Waals surface area contributed by atoms with Crippen LogP contribution in [0.5, 0.6) is 0 Å². The van der Waals surface area contributed by atoms with E-state index in [0.29, 0.717) is 28.2 Å². The second-order valence-corrected chi connectivity index (χ2v) is 11.2. The summed E-state index contributed by atoms with van der Waals surface area (Å²) in [6.07, 6.45) is -0.529. The summed E-state index contributed by atoms with van der Waals surface area (Å²) in [7, 11) is -4.22. The van der Waals surface area contributed by atoms with Crippen molar-refractivity contribution in [3.8, 4) is 11.3 Å². The number of pyridine rings is 1. The molecular formula is C23H26ClF3N6O2S. The molecule has 36 heavy (non-hydrogen) atoms. The van der Waals surface area contributed by atoms with E-state index < -0.39 is 28.4 Å². The lowest BCUT2D eigenvalue weighted by Gasteiger charge is -2.26. The van der Waals surface area contributed by atoms with E-state index in [0.717, 1.165) is 31.2 Å². The summed E-state index contributed by atoms with van der Waals surface area (Å²) in [6.45, 7) is 1.90. The summed E-state index contributed by atoms with van der Waals surface area (Å²) in [5.41, 5.74) is 9.27. The van der Waals surface area contributed by atoms with Crippen LogP contribution in [0.1, 0.15) is 37.7 Å². The normalized spacial score (nSPS) is 18.8. The summed E-state index contributed by atoms with van der Waals surface area (Å²) in [5.74, 6) is -0.559. The second-order valence-electron chi connectivity index (χ2n) is 8.99. The van der Waals surface area contributed by atoms with Crippen LogP contribution in [0.15, 0.2) is 30.5 Å². The predicted molar refractivity (Wildman–Crippen MR) is 134 cm³/mol. The molecule has 1 fully saturated rings. The maximum atomic E-state index is 12.4. The number of anilines is 2. The first-order chi connectivity index (χ1) is 16.9. The van der Waals surface area contributed by atoms with Gasteiger partial charge in [0.15, 0.2) is 0 Å². The van der Waals surface area contributed by atoms with Crippen LogP contribution >= 0.6 is 11.6 Å². The number of nitrogens with zero attached hydrogens (tertiary/aromatic N) is 3. The van der Waals surface area contributed by atoms with Gasteiger partial charge in [-0.05, 0) is 56.4 Å². The lowest BCUT2D eigenvalue weighted by Crippen LogP contribution is -2.33. The minimum Gasteiger partial charge on any atom is -0.351 e. The Bertz CT molecular complexity index is 1360. The fourth-order valence-electron chi connectivity index (χ4n) is 4.07. The quantitative estimate of drug-likeness (QED) is 0.382. The van der Waals surface area contributed by atoms with Gasteiger partial charge in [-0.15, -0.1) is 0 Å². The lowest BCUT2D eigenvalue weighted by molar-refractivity contribution is -0.129. The Balaban J connectivity index is 1.52. The van der Waals surface area contributed by atoms with E-state index in [9.17, 15) is 21.6 Å². The minimum absolute atomic E-state index is 0.0113. The fourth-order valence-corrected chi connectivity index (χ4v) is 5.47. The van der Waals surface area contributed by atoms with E-state index in [2.05, 4.69) is 25.0 Å². The molecule has 4 N–H and O–H groups in total. The van der Waals surface area contributed by atoms with Crippen molar-refractivity contribution in [1.29, 1.82) is 0 Å². The first-order valence-corrected chi connectivity index (χ1v) is 13.5. The standard InChI is InChI=1S/C23H26ClF3N6O2S/c1-13-10-19(14-2-7-18(17(24)11-14)33-36(34,35)9-8-23(25,26)27)31-20-12-29-22(32-21(13)20)30-16-5-3-15(28)4-6-16/h2,7,10-12,15-16,33H,3-6,8-9,28H2,1H3,(H,29,30,32)/t15-,16-. The third kappa shape index (κ3) is 6.74. The zero-order valence-electron chi connectivity index (χ0n) is 19.4. The molecule has 1 saturated carbocycles. The molecule has 0 aliphatic heterocycles. The van der Waals surface area contributed by atoms with Crippen molar-refractivity contribution >= 4 is 44.3 Å². The Hall–Kier alpha value is -2.70. The van der Waals surface area contributed by atoms with Crippen molar-refractivity contribution in [1.82, 2.24) is 15.0 Å². The number of nitrogens with two attached hydrogens (primary N) is 1. The molecule has 1 aliphatic carbocycles. The molecular weight excluding hydrogens is 517 g/mol. The zero-order valence-corrected chi connectivity index (χ0v) is 21.0. The third-order valence-corrected chi connectivity index (χ3v) is 7.61. The van der Waals surface area contributed by atoms with Gasteiger partial charge in [-0.25, -0.2) is 23.4 Å². The van der Waals surface area contributed by atoms with Gasteiger partial charge < -0.3 is 11.1 Å². The first-order valence-electron chi connectivity index (χ1n) is 11.4. The maximum Gasteiger partial charge on any atom is 0.390 e. The van der Waals surface area contributed by atoms with E-state index in [4.69, 9.17) is 17.3 Å². The smallest absolute Gasteiger partial charge is 0.351 e. The molecule has 0 saturated heterocycles. The van der Waals surface area contributed by atoms with Crippen molar-refractivity contribution in [3.63, 3.8) is 0 Å². The largest absolute Gasteiger partial charge is 0.390 e. The van der Waals surface area contributed by atoms with E-state index in [1.54, 1.807) is 12.3 Å². The van der Waals surface area contributed by atoms with Gasteiger partial charge in [-0.3, -0.25) is 4.72 Å². The second kappa shape index (κ2) is 10.3. The van der Waals surface area contributed by atoms with Crippen LogP contribution in [0.25, 0.3) is 22.3 Å². The average Bonchev–Trinajstić information content (AvgIpc) is 2.80. The molecule has 1 aliphatic rings. The van der Waals surface area contributed by atoms with Crippen LogP contribution in [0.4, 0.5) is 24.8 Å². The number of halogens is 4. The molecule has 0 unspecified atom stereocenters. The van der Waals surface area contributed by atoms with Gasteiger partial charge in [0.1, 0.15) is 5.52 Å². The van der Waals surface area contributed by atoms with Crippen LogP contribution in [-0.2, 0) is 10.0 Å². The highest BCUT2D eigenvalue weighted by Crippen LogP contribution is 2.31. The molecule has 4 rings (SSSR count). The Morgan fingerprint density at radius 1 is 1.14 bits per heavy atom. The van der Waals surface area contributed by atoms with E-state index in [1.165, 1.54) is 12.1 Å². The number of aromatic nitrogens is 3. The number of sulfonamides is 1. The topological polar surface area (TPSA) is 123 Å². The molecule has 3 aromatic rings. The summed E-state index contributed by atoms with van der Waals surface area (Å²) < 4.78 is 63.3. The summed E-state index contributed by atoms with van der Waals surface area (Å²) in [5, 5.41) is 3.41. The first kappa shape index (κ1) is 26.4. The van der Waals surface area contributed by atoms with Gasteiger partial charge in [0.25, 0.3) is 0 Å². The number of hydrogen-bond donors (Lipinski definition) is 3. The monoisotopic (exact) mass is 542 g/mol. The molecule has 0 spiro atoms. The number of nitrogens with one attached hydrogen (secondary N) is 2. The van der Waals surface area contributed by atoms with Gasteiger partial charge in [-0.1, -0.05) is 17.7 Å². The summed E-state index contributed by atoms with van der Waals surface area (Å²) in [4.78, 5) is 13.6. The third-order valence-electron chi connectivity index (χ3n) is 6.03. The Kier molecular flexibility index (Phi) is 7.58. The van der Waals surface area contributed by atoms with Crippen LogP contribution < -0.4 is 15.8 Å². The predicted octanol–water partition coefficient (Wildman–Crippen LogP) is 5.03. The molecule has 0 radical (unpaired) electrons. The van der Waals surface area contributed by atoms with Crippen LogP contribution in [0, 0.1) is 6.92 Å². The van der Waals surface area contributed by atoms with Crippen LogP contribution in [0.3, 0.4) is 0 Å². The highest BCUT2D eigenvalue weighted by molar-refractivity contribution is 7.92. The SMILES string of the molecule is Cc1cc(-c2ccc(NS(=O)(=O)CCC(F)(F)F)c(Cl)c2)nc2cnc(N[C@H]3CC[C@H](N)CC3)nc12. The number of rotatable bonds is 7. The minimum atomic E-state index is -4.58. The van der Waals surface area contributed by atoms with Crippen molar-refractivity contribution in [3.05, 3.63) is 41.0 Å². The molecule has 194 valence electrons. The molecule has 2 heterocycles. The van der Waals surface area contributed by atoms with Gasteiger partial charge >= 0.3 is 6.18 Å². The molecule has 0 amide bonds. The molecule has 8 nitrogen and oxygen atoms in total. The molecule has 2 aromatic heterocycles. The molecule has 0 bridgehead atoms. The summed E-state index contributed by atoms with van der Waals surface area (Å²) in [6, 6.07) is 6.85. The van der Waals surface area contributed by atoms with Crippen molar-refractivity contribution in [2.24, 2.45) is 5.73 Å². The number of fused-ring (bicyclic) bond motifs is 1. The van der Waals surface area contributed by atoms with Gasteiger partial charge in [0.2, 0.25) is 16.0 Å². The van der Waals surface area contributed by atoms with Crippen LogP contribution in [-0.4, -0.2) is 47.4 Å². The molecule has 13 heteroatoms. The maximum absolute atomic E-state index is 12.4. The van der Waals surface area contributed by atoms with E-state index >= 15 is 0 Å². The van der Waals surface area contributed by atoms with Crippen molar-refractivity contribution in [2.75, 3.05) is 15.8 Å². The highest BCUT2D eigenvalue weighted by Gasteiger charge is 2.30. The van der Waals surface area contributed by atoms with Gasteiger partial charge in [0.05, 0.1) is 40.3 Å². The van der Waals surface area contributed by atoms with Gasteiger partial charge in [-0.2, -0.15) is 13.2 Å². The molecule has 0 atom stereocenters. The Morgan fingerprint density at radius 3 is 2.53 bits per heavy atom. The number of benzene rings is 1. The molecule has 1 aromatic carbocycles. The van der Waals surface area contributed by atoms with Gasteiger partial charge in [0, 0.05) is 17.6 Å². The average molecular weight is 543 g/mol. The van der Waals surface area contributed by atoms with Crippen LogP contribution in [0.2, 0.25) is 5.02 Å². The van der Waals surface area contributed by atoms with Crippen molar-refractivity contribution in [2.45, 2.75) is 57.3 Å². The van der Waals surface area contributed by atoms with E-state index in [1.807, 2.05) is 13.0 Å².